The first-order chi connectivity index (χ1) is 11.7. The first kappa shape index (κ1) is 18.8. The van der Waals surface area contributed by atoms with Gasteiger partial charge in [0.05, 0.1) is 23.6 Å². The second-order valence-electron chi connectivity index (χ2n) is 5.92. The Balaban J connectivity index is 2.08. The van der Waals surface area contributed by atoms with Gasteiger partial charge in [0, 0.05) is 6.54 Å². The second kappa shape index (κ2) is 8.02. The zero-order chi connectivity index (χ0) is 18.4. The first-order valence-electron chi connectivity index (χ1n) is 7.85. The van der Waals surface area contributed by atoms with E-state index in [1.54, 1.807) is 24.3 Å². The minimum absolute atomic E-state index is 0.0683. The van der Waals surface area contributed by atoms with E-state index >= 15 is 0 Å². The molecule has 6 nitrogen and oxygen atoms in total. The van der Waals surface area contributed by atoms with Crippen molar-refractivity contribution in [2.75, 3.05) is 11.0 Å². The molecule has 0 fully saturated rings. The molecule has 7 heteroatoms. The largest absolute Gasteiger partial charge is 0.491 e. The Morgan fingerprint density at radius 1 is 1.12 bits per heavy atom. The van der Waals surface area contributed by atoms with Crippen LogP contribution in [0.1, 0.15) is 29.8 Å². The number of anilines is 1. The van der Waals surface area contributed by atoms with Crippen molar-refractivity contribution in [3.8, 4) is 5.75 Å². The number of carbonyl (C=O) groups is 1. The van der Waals surface area contributed by atoms with Gasteiger partial charge in [-0.15, -0.1) is 0 Å². The standard InChI is InChI=1S/C18H22N2O4S/c1-13(2)24-15-8-6-7-14(11-15)12-19-18(21)16-9-4-5-10-17(16)20-25(3,22)23/h4-11,13,20H,12H2,1-3H3,(H,19,21). The van der Waals surface area contributed by atoms with Crippen LogP contribution in [0.5, 0.6) is 5.75 Å². The van der Waals surface area contributed by atoms with Crippen molar-refractivity contribution in [3.05, 3.63) is 59.7 Å². The smallest absolute Gasteiger partial charge is 0.253 e. The van der Waals surface area contributed by atoms with Gasteiger partial charge in [0.1, 0.15) is 5.75 Å². The number of para-hydroxylation sites is 1. The maximum Gasteiger partial charge on any atom is 0.253 e. The third-order valence-electron chi connectivity index (χ3n) is 3.19. The summed E-state index contributed by atoms with van der Waals surface area (Å²) in [5.74, 6) is 0.378. The highest BCUT2D eigenvalue weighted by molar-refractivity contribution is 7.92. The van der Waals surface area contributed by atoms with E-state index in [9.17, 15) is 13.2 Å². The fraction of sp³-hybridized carbons (Fsp3) is 0.278. The van der Waals surface area contributed by atoms with Crippen LogP contribution in [0.4, 0.5) is 5.69 Å². The van der Waals surface area contributed by atoms with Gasteiger partial charge in [0.2, 0.25) is 10.0 Å². The third-order valence-corrected chi connectivity index (χ3v) is 3.78. The van der Waals surface area contributed by atoms with Crippen LogP contribution in [0.3, 0.4) is 0 Å². The Bertz CT molecular complexity index is 848. The summed E-state index contributed by atoms with van der Waals surface area (Å²) in [5.41, 5.74) is 1.40. The molecule has 2 aromatic carbocycles. The van der Waals surface area contributed by atoms with Gasteiger partial charge >= 0.3 is 0 Å². The summed E-state index contributed by atoms with van der Waals surface area (Å²) in [6.07, 6.45) is 1.11. The number of rotatable bonds is 7. The predicted molar refractivity (Wildman–Crippen MR) is 98.3 cm³/mol. The molecule has 25 heavy (non-hydrogen) atoms. The molecular formula is C18H22N2O4S. The quantitative estimate of drug-likeness (QED) is 0.793. The topological polar surface area (TPSA) is 84.5 Å². The molecule has 0 aromatic heterocycles. The van der Waals surface area contributed by atoms with E-state index in [-0.39, 0.29) is 23.3 Å². The summed E-state index contributed by atoms with van der Waals surface area (Å²) in [6, 6.07) is 13.9. The van der Waals surface area contributed by atoms with Crippen LogP contribution in [0.25, 0.3) is 0 Å². The number of sulfonamides is 1. The van der Waals surface area contributed by atoms with E-state index < -0.39 is 10.0 Å². The summed E-state index contributed by atoms with van der Waals surface area (Å²) in [6.45, 7) is 4.20. The molecule has 0 aliphatic carbocycles. The number of hydrogen-bond acceptors (Lipinski definition) is 4. The van der Waals surface area contributed by atoms with Gasteiger partial charge in [0.25, 0.3) is 5.91 Å². The number of hydrogen-bond donors (Lipinski definition) is 2. The lowest BCUT2D eigenvalue weighted by Gasteiger charge is -2.13. The van der Waals surface area contributed by atoms with Crippen LogP contribution in [-0.4, -0.2) is 26.7 Å². The van der Waals surface area contributed by atoms with Crippen molar-refractivity contribution < 1.29 is 17.9 Å². The number of carbonyl (C=O) groups excluding carboxylic acids is 1. The van der Waals surface area contributed by atoms with Gasteiger partial charge < -0.3 is 10.1 Å². The molecule has 0 bridgehead atoms. The maximum atomic E-state index is 12.4. The fourth-order valence-electron chi connectivity index (χ4n) is 2.25. The number of ether oxygens (including phenoxy) is 1. The summed E-state index contributed by atoms with van der Waals surface area (Å²) < 4.78 is 30.8. The lowest BCUT2D eigenvalue weighted by Crippen LogP contribution is -2.24. The summed E-state index contributed by atoms with van der Waals surface area (Å²) in [7, 11) is -3.46. The highest BCUT2D eigenvalue weighted by Crippen LogP contribution is 2.17. The second-order valence-corrected chi connectivity index (χ2v) is 7.66. The molecule has 2 aromatic rings. The van der Waals surface area contributed by atoms with Crippen LogP contribution < -0.4 is 14.8 Å². The van der Waals surface area contributed by atoms with Crippen molar-refractivity contribution in [1.29, 1.82) is 0 Å². The lowest BCUT2D eigenvalue weighted by molar-refractivity contribution is 0.0951. The van der Waals surface area contributed by atoms with Gasteiger partial charge in [-0.3, -0.25) is 9.52 Å². The molecule has 134 valence electrons. The highest BCUT2D eigenvalue weighted by atomic mass is 32.2. The van der Waals surface area contributed by atoms with Crippen LogP contribution in [-0.2, 0) is 16.6 Å². The Kier molecular flexibility index (Phi) is 6.03. The SMILES string of the molecule is CC(C)Oc1cccc(CNC(=O)c2ccccc2NS(C)(=O)=O)c1. The van der Waals surface area contributed by atoms with E-state index in [4.69, 9.17) is 4.74 Å². The Labute approximate surface area is 148 Å². The summed E-state index contributed by atoms with van der Waals surface area (Å²) in [4.78, 5) is 12.4. The normalized spacial score (nSPS) is 11.2. The van der Waals surface area contributed by atoms with Crippen molar-refractivity contribution in [2.24, 2.45) is 0 Å². The minimum Gasteiger partial charge on any atom is -0.491 e. The number of amides is 1. The van der Waals surface area contributed by atoms with E-state index in [0.29, 0.717) is 6.54 Å². The minimum atomic E-state index is -3.46. The molecular weight excluding hydrogens is 340 g/mol. The van der Waals surface area contributed by atoms with Gasteiger partial charge in [-0.25, -0.2) is 8.42 Å². The Morgan fingerprint density at radius 3 is 2.52 bits per heavy atom. The zero-order valence-corrected chi connectivity index (χ0v) is 15.3. The zero-order valence-electron chi connectivity index (χ0n) is 14.4. The lowest BCUT2D eigenvalue weighted by atomic mass is 10.1. The average molecular weight is 362 g/mol. The molecule has 1 amide bonds. The van der Waals surface area contributed by atoms with Gasteiger partial charge in [-0.2, -0.15) is 0 Å². The summed E-state index contributed by atoms with van der Waals surface area (Å²) in [5, 5.41) is 2.79. The molecule has 0 saturated heterocycles. The van der Waals surface area contributed by atoms with E-state index in [1.807, 2.05) is 38.1 Å². The van der Waals surface area contributed by atoms with Crippen molar-refractivity contribution >= 4 is 21.6 Å². The van der Waals surface area contributed by atoms with E-state index in [2.05, 4.69) is 10.0 Å². The Morgan fingerprint density at radius 2 is 1.84 bits per heavy atom. The molecule has 0 atom stereocenters. The molecule has 0 radical (unpaired) electrons. The van der Waals surface area contributed by atoms with Gasteiger partial charge in [-0.1, -0.05) is 24.3 Å². The Hall–Kier alpha value is -2.54. The molecule has 0 aliphatic heterocycles. The molecule has 0 spiro atoms. The van der Waals surface area contributed by atoms with Gasteiger partial charge in [-0.05, 0) is 43.7 Å². The molecule has 0 saturated carbocycles. The van der Waals surface area contributed by atoms with Crippen LogP contribution >= 0.6 is 0 Å². The van der Waals surface area contributed by atoms with E-state index in [0.717, 1.165) is 17.6 Å². The van der Waals surface area contributed by atoms with Gasteiger partial charge in [0.15, 0.2) is 0 Å². The van der Waals surface area contributed by atoms with Crippen LogP contribution in [0, 0.1) is 0 Å². The fourth-order valence-corrected chi connectivity index (χ4v) is 2.83. The average Bonchev–Trinajstić information content (AvgIpc) is 2.51. The highest BCUT2D eigenvalue weighted by Gasteiger charge is 2.13. The molecule has 2 N–H and O–H groups in total. The molecule has 0 aliphatic rings. The van der Waals surface area contributed by atoms with Crippen molar-refractivity contribution in [2.45, 2.75) is 26.5 Å². The third kappa shape index (κ3) is 6.11. The van der Waals surface area contributed by atoms with Crippen LogP contribution in [0.2, 0.25) is 0 Å². The number of nitrogens with one attached hydrogen (secondary N) is 2. The van der Waals surface area contributed by atoms with Crippen molar-refractivity contribution in [3.63, 3.8) is 0 Å². The van der Waals surface area contributed by atoms with Crippen LogP contribution in [0.15, 0.2) is 48.5 Å². The molecule has 2 rings (SSSR count). The maximum absolute atomic E-state index is 12.4. The molecule has 0 unspecified atom stereocenters. The monoisotopic (exact) mass is 362 g/mol. The summed E-state index contributed by atoms with van der Waals surface area (Å²) >= 11 is 0. The molecule has 0 heterocycles. The van der Waals surface area contributed by atoms with Crippen molar-refractivity contribution in [1.82, 2.24) is 5.32 Å². The van der Waals surface area contributed by atoms with E-state index in [1.165, 1.54) is 0 Å². The number of benzene rings is 2. The first-order valence-corrected chi connectivity index (χ1v) is 9.74. The predicted octanol–water partition coefficient (Wildman–Crippen LogP) is 2.78.